The van der Waals surface area contributed by atoms with Gasteiger partial charge in [0.25, 0.3) is 0 Å². The third kappa shape index (κ3) is 2.98. The molecule has 1 unspecified atom stereocenters. The van der Waals surface area contributed by atoms with E-state index in [9.17, 15) is 4.39 Å². The van der Waals surface area contributed by atoms with Gasteiger partial charge in [0.1, 0.15) is 6.17 Å². The summed E-state index contributed by atoms with van der Waals surface area (Å²) in [6.07, 6.45) is 12.4. The Balaban J connectivity index is 1.60. The van der Waals surface area contributed by atoms with Crippen LogP contribution in [0.2, 0.25) is 0 Å². The number of allylic oxidation sites excluding steroid dienone is 2. The Morgan fingerprint density at radius 2 is 1.96 bits per heavy atom. The third-order valence-corrected chi connectivity index (χ3v) is 4.85. The molecule has 126 valence electrons. The maximum Gasteiger partial charge on any atom is 0.183 e. The number of dihydropyridines is 1. The first-order valence-electron chi connectivity index (χ1n) is 8.30. The van der Waals surface area contributed by atoms with E-state index in [0.717, 1.165) is 24.0 Å². The van der Waals surface area contributed by atoms with Crippen LogP contribution in [0.15, 0.2) is 35.3 Å². The van der Waals surface area contributed by atoms with E-state index in [2.05, 4.69) is 25.9 Å². The van der Waals surface area contributed by atoms with Crippen LogP contribution >= 0.6 is 11.6 Å². The first-order valence-corrected chi connectivity index (χ1v) is 8.68. The van der Waals surface area contributed by atoms with Gasteiger partial charge in [0.05, 0.1) is 11.2 Å². The van der Waals surface area contributed by atoms with Gasteiger partial charge in [-0.3, -0.25) is 0 Å². The van der Waals surface area contributed by atoms with Crippen LogP contribution in [0.3, 0.4) is 0 Å². The normalized spacial score (nSPS) is 23.4. The molecule has 0 bridgehead atoms. The van der Waals surface area contributed by atoms with Crippen LogP contribution in [0.4, 0.5) is 10.2 Å². The minimum Gasteiger partial charge on any atom is -0.367 e. The number of hydrogen-bond donors (Lipinski definition) is 3. The van der Waals surface area contributed by atoms with Crippen molar-refractivity contribution in [2.75, 3.05) is 5.32 Å². The van der Waals surface area contributed by atoms with Gasteiger partial charge in [0.2, 0.25) is 0 Å². The molecule has 3 heterocycles. The highest BCUT2D eigenvalue weighted by Crippen LogP contribution is 2.31. The molecule has 1 fully saturated rings. The van der Waals surface area contributed by atoms with E-state index in [1.807, 2.05) is 12.3 Å². The summed E-state index contributed by atoms with van der Waals surface area (Å²) in [7, 11) is 0. The summed E-state index contributed by atoms with van der Waals surface area (Å²) in [5, 5.41) is 10.2. The standard InChI is InChI=1S/C17H19ClFN5/c18-10-6-12-13(8-21-15(12)20-7-10)16-22-9-14(19)17(24-16)23-11-4-2-1-3-5-11/h6-9,11,15,20-21H,1-5H2,(H,22,23,24). The van der Waals surface area contributed by atoms with Gasteiger partial charge in [0.15, 0.2) is 17.5 Å². The minimum absolute atomic E-state index is 0.0501. The summed E-state index contributed by atoms with van der Waals surface area (Å²) in [5.41, 5.74) is 1.78. The highest BCUT2D eigenvalue weighted by atomic mass is 35.5. The predicted molar refractivity (Wildman–Crippen MR) is 92.5 cm³/mol. The summed E-state index contributed by atoms with van der Waals surface area (Å²) in [6, 6.07) is 0.285. The van der Waals surface area contributed by atoms with Crippen LogP contribution in [0.1, 0.15) is 37.9 Å². The number of hydrogen-bond acceptors (Lipinski definition) is 5. The lowest BCUT2D eigenvalue weighted by Crippen LogP contribution is -2.36. The lowest BCUT2D eigenvalue weighted by molar-refractivity contribution is 0.459. The van der Waals surface area contributed by atoms with E-state index in [1.165, 1.54) is 25.5 Å². The fourth-order valence-corrected chi connectivity index (χ4v) is 3.56. The van der Waals surface area contributed by atoms with E-state index in [-0.39, 0.29) is 18.0 Å². The molecular formula is C17H19ClFN5. The van der Waals surface area contributed by atoms with E-state index in [4.69, 9.17) is 11.6 Å². The Morgan fingerprint density at radius 1 is 1.17 bits per heavy atom. The van der Waals surface area contributed by atoms with E-state index in [0.29, 0.717) is 10.9 Å². The van der Waals surface area contributed by atoms with Crippen LogP contribution in [-0.4, -0.2) is 22.2 Å². The van der Waals surface area contributed by atoms with Gasteiger partial charge in [-0.2, -0.15) is 0 Å². The van der Waals surface area contributed by atoms with Gasteiger partial charge in [-0.15, -0.1) is 0 Å². The monoisotopic (exact) mass is 347 g/mol. The highest BCUT2D eigenvalue weighted by Gasteiger charge is 2.28. The lowest BCUT2D eigenvalue weighted by atomic mass is 9.95. The molecule has 1 atom stereocenters. The zero-order valence-corrected chi connectivity index (χ0v) is 13.9. The molecule has 0 aromatic carbocycles. The second-order valence-corrected chi connectivity index (χ2v) is 6.76. The zero-order chi connectivity index (χ0) is 16.5. The molecule has 3 aliphatic rings. The quantitative estimate of drug-likeness (QED) is 0.783. The molecule has 4 rings (SSSR count). The van der Waals surface area contributed by atoms with Crippen LogP contribution in [0.25, 0.3) is 5.57 Å². The zero-order valence-electron chi connectivity index (χ0n) is 13.1. The molecule has 1 aromatic rings. The molecule has 5 nitrogen and oxygen atoms in total. The van der Waals surface area contributed by atoms with Crippen molar-refractivity contribution >= 4 is 23.0 Å². The van der Waals surface area contributed by atoms with Crippen LogP contribution < -0.4 is 16.0 Å². The van der Waals surface area contributed by atoms with Gasteiger partial charge < -0.3 is 16.0 Å². The number of halogens is 2. The van der Waals surface area contributed by atoms with Gasteiger partial charge >= 0.3 is 0 Å². The Labute approximate surface area is 145 Å². The van der Waals surface area contributed by atoms with Crippen LogP contribution in [0.5, 0.6) is 0 Å². The molecule has 0 spiro atoms. The van der Waals surface area contributed by atoms with Crippen molar-refractivity contribution in [1.29, 1.82) is 0 Å². The highest BCUT2D eigenvalue weighted by molar-refractivity contribution is 6.31. The maximum absolute atomic E-state index is 14.1. The molecule has 7 heteroatoms. The lowest BCUT2D eigenvalue weighted by Gasteiger charge is -2.23. The van der Waals surface area contributed by atoms with Crippen molar-refractivity contribution in [2.24, 2.45) is 0 Å². The second kappa shape index (κ2) is 6.43. The second-order valence-electron chi connectivity index (χ2n) is 6.32. The smallest absolute Gasteiger partial charge is 0.183 e. The van der Waals surface area contributed by atoms with Gasteiger partial charge in [0, 0.05) is 29.6 Å². The summed E-state index contributed by atoms with van der Waals surface area (Å²) in [5.74, 6) is 0.354. The van der Waals surface area contributed by atoms with Crippen molar-refractivity contribution in [1.82, 2.24) is 20.6 Å². The van der Waals surface area contributed by atoms with Crippen molar-refractivity contribution < 1.29 is 4.39 Å². The number of nitrogens with one attached hydrogen (secondary N) is 3. The number of fused-ring (bicyclic) bond motifs is 1. The molecule has 1 aromatic heterocycles. The number of nitrogens with zero attached hydrogens (tertiary/aromatic N) is 2. The van der Waals surface area contributed by atoms with Gasteiger partial charge in [-0.1, -0.05) is 30.9 Å². The SMILES string of the molecule is Fc1cnc(C2=CNC3NC=C(Cl)C=C23)nc1NC1CCCCC1. The largest absolute Gasteiger partial charge is 0.367 e. The summed E-state index contributed by atoms with van der Waals surface area (Å²) >= 11 is 6.08. The third-order valence-electron chi connectivity index (χ3n) is 4.63. The molecule has 24 heavy (non-hydrogen) atoms. The predicted octanol–water partition coefficient (Wildman–Crippen LogP) is 3.24. The van der Waals surface area contributed by atoms with Crippen LogP contribution in [0, 0.1) is 5.82 Å². The molecule has 0 amide bonds. The Morgan fingerprint density at radius 3 is 2.79 bits per heavy atom. The van der Waals surface area contributed by atoms with Gasteiger partial charge in [-0.25, -0.2) is 14.4 Å². The molecule has 1 aliphatic carbocycles. The fraction of sp³-hybridized carbons (Fsp3) is 0.412. The topological polar surface area (TPSA) is 61.9 Å². The summed E-state index contributed by atoms with van der Waals surface area (Å²) < 4.78 is 14.1. The molecule has 0 radical (unpaired) electrons. The van der Waals surface area contributed by atoms with Crippen molar-refractivity contribution in [2.45, 2.75) is 44.3 Å². The number of aromatic nitrogens is 2. The molecular weight excluding hydrogens is 329 g/mol. The van der Waals surface area contributed by atoms with Crippen molar-refractivity contribution in [3.8, 4) is 0 Å². The van der Waals surface area contributed by atoms with E-state index < -0.39 is 5.82 Å². The first kappa shape index (κ1) is 15.4. The Kier molecular flexibility index (Phi) is 4.14. The minimum atomic E-state index is -0.416. The van der Waals surface area contributed by atoms with Gasteiger partial charge in [-0.05, 0) is 18.9 Å². The fourth-order valence-electron chi connectivity index (χ4n) is 3.38. The van der Waals surface area contributed by atoms with Crippen molar-refractivity contribution in [3.63, 3.8) is 0 Å². The maximum atomic E-state index is 14.1. The van der Waals surface area contributed by atoms with Crippen LogP contribution in [-0.2, 0) is 0 Å². The van der Waals surface area contributed by atoms with Crippen molar-refractivity contribution in [3.05, 3.63) is 46.9 Å². The Bertz CT molecular complexity index is 736. The summed E-state index contributed by atoms with van der Waals surface area (Å²) in [4.78, 5) is 8.59. The molecule has 0 saturated heterocycles. The first-order chi connectivity index (χ1) is 11.7. The molecule has 1 saturated carbocycles. The van der Waals surface area contributed by atoms with E-state index in [1.54, 1.807) is 6.20 Å². The molecule has 3 N–H and O–H groups in total. The Hall–Kier alpha value is -2.08. The molecule has 2 aliphatic heterocycles. The summed E-state index contributed by atoms with van der Waals surface area (Å²) in [6.45, 7) is 0. The van der Waals surface area contributed by atoms with E-state index >= 15 is 0 Å². The number of rotatable bonds is 3. The number of anilines is 1. The average molecular weight is 348 g/mol. The average Bonchev–Trinajstić information content (AvgIpc) is 3.01.